The molecule has 0 unspecified atom stereocenters. The molecule has 0 spiro atoms. The number of nitrogens with two attached hydrogens (primary N) is 1. The van der Waals surface area contributed by atoms with Gasteiger partial charge in [-0.15, -0.1) is 0 Å². The summed E-state index contributed by atoms with van der Waals surface area (Å²) < 4.78 is 32.8. The Morgan fingerprint density at radius 1 is 1.19 bits per heavy atom. The molecule has 1 amide bonds. The van der Waals surface area contributed by atoms with E-state index in [1.165, 1.54) is 24.3 Å². The van der Waals surface area contributed by atoms with Crippen molar-refractivity contribution in [3.05, 3.63) is 65.0 Å². The summed E-state index contributed by atoms with van der Waals surface area (Å²) in [4.78, 5) is 15.2. The zero-order valence-electron chi connectivity index (χ0n) is 14.2. The number of carbonyl (C=O) groups is 1. The van der Waals surface area contributed by atoms with Crippen LogP contribution in [-0.4, -0.2) is 25.9 Å². The van der Waals surface area contributed by atoms with Gasteiger partial charge in [-0.3, -0.25) is 9.78 Å². The predicted octanol–water partition coefficient (Wildman–Crippen LogP) is 2.15. The van der Waals surface area contributed by atoms with Crippen LogP contribution in [-0.2, 0) is 21.4 Å². The second-order valence-corrected chi connectivity index (χ2v) is 8.12. The Morgan fingerprint density at radius 2 is 1.96 bits per heavy atom. The number of carbonyl (C=O) groups excluding carboxylic acids is 1. The number of pyridine rings is 1. The summed E-state index contributed by atoms with van der Waals surface area (Å²) in [5.74, 6) is -0.244. The number of amides is 1. The van der Waals surface area contributed by atoms with E-state index in [9.17, 15) is 13.2 Å². The van der Waals surface area contributed by atoms with E-state index in [0.717, 1.165) is 16.8 Å². The van der Waals surface area contributed by atoms with Crippen molar-refractivity contribution in [3.8, 4) is 17.0 Å². The number of sulfonamides is 1. The van der Waals surface area contributed by atoms with Crippen LogP contribution in [0.1, 0.15) is 5.56 Å². The smallest absolute Gasteiger partial charge is 0.255 e. The van der Waals surface area contributed by atoms with Gasteiger partial charge in [-0.2, -0.15) is 11.3 Å². The molecule has 0 aliphatic rings. The van der Waals surface area contributed by atoms with Crippen molar-refractivity contribution < 1.29 is 17.9 Å². The largest absolute Gasteiger partial charge is 0.484 e. The molecular formula is C18H17N3O4S2. The minimum absolute atomic E-state index is 0.0925. The van der Waals surface area contributed by atoms with Crippen LogP contribution < -0.4 is 15.2 Å². The predicted molar refractivity (Wildman–Crippen MR) is 103 cm³/mol. The maximum Gasteiger partial charge on any atom is 0.255 e. The normalized spacial score (nSPS) is 11.3. The molecule has 9 heteroatoms. The highest BCUT2D eigenvalue weighted by Crippen LogP contribution is 2.24. The summed E-state index contributed by atoms with van der Waals surface area (Å²) in [7, 11) is -3.71. The van der Waals surface area contributed by atoms with Crippen LogP contribution in [0.2, 0.25) is 0 Å². The number of ether oxygens (including phenoxy) is 1. The lowest BCUT2D eigenvalue weighted by molar-refractivity contribution is -0.119. The van der Waals surface area contributed by atoms with Crippen molar-refractivity contribution in [1.82, 2.24) is 9.71 Å². The summed E-state index contributed by atoms with van der Waals surface area (Å²) in [6.45, 7) is -0.155. The molecule has 1 aromatic carbocycles. The summed E-state index contributed by atoms with van der Waals surface area (Å²) in [6, 6.07) is 11.3. The van der Waals surface area contributed by atoms with Gasteiger partial charge in [0, 0.05) is 23.7 Å². The Balaban J connectivity index is 1.72. The summed E-state index contributed by atoms with van der Waals surface area (Å²) in [5, 5.41) is 3.91. The SMILES string of the molecule is NC(=O)COc1ccc(S(=O)(=O)NCc2cccnc2-c2ccsc2)cc1. The molecule has 0 bridgehead atoms. The van der Waals surface area contributed by atoms with Crippen molar-refractivity contribution in [1.29, 1.82) is 0 Å². The maximum atomic E-state index is 12.5. The Kier molecular flexibility index (Phi) is 5.84. The third-order valence-electron chi connectivity index (χ3n) is 3.65. The van der Waals surface area contributed by atoms with E-state index < -0.39 is 15.9 Å². The van der Waals surface area contributed by atoms with E-state index in [0.29, 0.717) is 5.75 Å². The van der Waals surface area contributed by atoms with E-state index in [4.69, 9.17) is 10.5 Å². The molecule has 27 heavy (non-hydrogen) atoms. The van der Waals surface area contributed by atoms with E-state index in [2.05, 4.69) is 9.71 Å². The highest BCUT2D eigenvalue weighted by Gasteiger charge is 2.15. The zero-order chi connectivity index (χ0) is 19.3. The topological polar surface area (TPSA) is 111 Å². The second-order valence-electron chi connectivity index (χ2n) is 5.57. The first-order valence-electron chi connectivity index (χ1n) is 7.93. The Morgan fingerprint density at radius 3 is 2.63 bits per heavy atom. The molecule has 2 heterocycles. The average Bonchev–Trinajstić information content (AvgIpc) is 3.20. The van der Waals surface area contributed by atoms with Gasteiger partial charge in [0.25, 0.3) is 5.91 Å². The molecule has 0 saturated carbocycles. The fourth-order valence-electron chi connectivity index (χ4n) is 2.37. The summed E-state index contributed by atoms with van der Waals surface area (Å²) in [6.07, 6.45) is 1.68. The van der Waals surface area contributed by atoms with Crippen LogP contribution in [0.25, 0.3) is 11.3 Å². The van der Waals surface area contributed by atoms with Gasteiger partial charge in [-0.1, -0.05) is 6.07 Å². The van der Waals surface area contributed by atoms with Gasteiger partial charge in [0.2, 0.25) is 10.0 Å². The third-order valence-corrected chi connectivity index (χ3v) is 5.75. The van der Waals surface area contributed by atoms with Gasteiger partial charge in [-0.25, -0.2) is 13.1 Å². The second kappa shape index (κ2) is 8.30. The molecule has 0 radical (unpaired) electrons. The highest BCUT2D eigenvalue weighted by atomic mass is 32.2. The first kappa shape index (κ1) is 19.0. The van der Waals surface area contributed by atoms with Crippen LogP contribution in [0.3, 0.4) is 0 Å². The number of primary amides is 1. The fourth-order valence-corrected chi connectivity index (χ4v) is 4.01. The van der Waals surface area contributed by atoms with Crippen molar-refractivity contribution in [2.75, 3.05) is 6.61 Å². The van der Waals surface area contributed by atoms with E-state index in [1.54, 1.807) is 23.6 Å². The summed E-state index contributed by atoms with van der Waals surface area (Å²) in [5.41, 5.74) is 7.48. The number of hydrogen-bond acceptors (Lipinski definition) is 6. The molecule has 3 rings (SSSR count). The first-order chi connectivity index (χ1) is 13.0. The van der Waals surface area contributed by atoms with Crippen molar-refractivity contribution in [2.45, 2.75) is 11.4 Å². The number of nitrogens with zero attached hydrogens (tertiary/aromatic N) is 1. The molecule has 2 aromatic heterocycles. The maximum absolute atomic E-state index is 12.5. The number of nitrogens with one attached hydrogen (secondary N) is 1. The number of aromatic nitrogens is 1. The Bertz CT molecular complexity index is 1020. The molecule has 0 atom stereocenters. The van der Waals surface area contributed by atoms with Crippen LogP contribution >= 0.6 is 11.3 Å². The number of hydrogen-bond donors (Lipinski definition) is 2. The van der Waals surface area contributed by atoms with Crippen LogP contribution in [0, 0.1) is 0 Å². The molecule has 0 aliphatic heterocycles. The van der Waals surface area contributed by atoms with E-state index in [1.807, 2.05) is 22.9 Å². The lowest BCUT2D eigenvalue weighted by atomic mass is 10.1. The summed E-state index contributed by atoms with van der Waals surface area (Å²) >= 11 is 1.55. The minimum Gasteiger partial charge on any atom is -0.484 e. The van der Waals surface area contributed by atoms with Crippen molar-refractivity contribution in [2.24, 2.45) is 5.73 Å². The number of rotatable bonds is 8. The monoisotopic (exact) mass is 403 g/mol. The lowest BCUT2D eigenvalue weighted by Crippen LogP contribution is -2.23. The molecule has 3 aromatic rings. The first-order valence-corrected chi connectivity index (χ1v) is 10.4. The van der Waals surface area contributed by atoms with Gasteiger partial charge < -0.3 is 10.5 Å². The average molecular weight is 403 g/mol. The number of benzene rings is 1. The van der Waals surface area contributed by atoms with Crippen molar-refractivity contribution >= 4 is 27.3 Å². The molecule has 140 valence electrons. The van der Waals surface area contributed by atoms with Crippen LogP contribution in [0.15, 0.2) is 64.3 Å². The Labute approximate surface area is 160 Å². The minimum atomic E-state index is -3.71. The molecule has 7 nitrogen and oxygen atoms in total. The lowest BCUT2D eigenvalue weighted by Gasteiger charge is -2.10. The van der Waals surface area contributed by atoms with Crippen LogP contribution in [0.4, 0.5) is 0 Å². The van der Waals surface area contributed by atoms with Crippen LogP contribution in [0.5, 0.6) is 5.75 Å². The highest BCUT2D eigenvalue weighted by molar-refractivity contribution is 7.89. The fraction of sp³-hybridized carbons (Fsp3) is 0.111. The standard InChI is InChI=1S/C18H17N3O4S2/c19-17(22)11-25-15-3-5-16(6-4-15)27(23,24)21-10-13-2-1-8-20-18(13)14-7-9-26-12-14/h1-9,12,21H,10-11H2,(H2,19,22). The molecule has 0 aliphatic carbocycles. The van der Waals surface area contributed by atoms with Gasteiger partial charge in [0.05, 0.1) is 10.6 Å². The van der Waals surface area contributed by atoms with E-state index >= 15 is 0 Å². The molecule has 0 fully saturated rings. The zero-order valence-corrected chi connectivity index (χ0v) is 15.8. The van der Waals surface area contributed by atoms with Gasteiger partial charge >= 0.3 is 0 Å². The molecule has 0 saturated heterocycles. The number of thiophene rings is 1. The van der Waals surface area contributed by atoms with E-state index in [-0.39, 0.29) is 18.0 Å². The van der Waals surface area contributed by atoms with Gasteiger partial charge in [0.1, 0.15) is 5.75 Å². The van der Waals surface area contributed by atoms with Gasteiger partial charge in [0.15, 0.2) is 6.61 Å². The van der Waals surface area contributed by atoms with Crippen molar-refractivity contribution in [3.63, 3.8) is 0 Å². The molecule has 3 N–H and O–H groups in total. The van der Waals surface area contributed by atoms with Gasteiger partial charge in [-0.05, 0) is 47.3 Å². The third kappa shape index (κ3) is 4.91. The Hall–Kier alpha value is -2.75. The molecular weight excluding hydrogens is 386 g/mol. The quantitative estimate of drug-likeness (QED) is 0.599.